The van der Waals surface area contributed by atoms with Gasteiger partial charge in [-0.15, -0.1) is 0 Å². The average molecular weight is 452 g/mol. The van der Waals surface area contributed by atoms with Gasteiger partial charge in [0.15, 0.2) is 6.61 Å². The Morgan fingerprint density at radius 3 is 2.59 bits per heavy atom. The number of alkyl halides is 3. The predicted molar refractivity (Wildman–Crippen MR) is 104 cm³/mol. The number of anilines is 1. The van der Waals surface area contributed by atoms with Crippen molar-refractivity contribution < 1.29 is 37.2 Å². The summed E-state index contributed by atoms with van der Waals surface area (Å²) >= 11 is 0. The smallest absolute Gasteiger partial charge is 0.449 e. The zero-order valence-electron chi connectivity index (χ0n) is 16.4. The van der Waals surface area contributed by atoms with Crippen LogP contribution < -0.4 is 10.1 Å². The van der Waals surface area contributed by atoms with Crippen molar-refractivity contribution in [1.29, 1.82) is 0 Å². The Bertz CT molecular complexity index is 1190. The SMILES string of the molecule is COc1cc([N+](=O)[O-])ccc1NC(=O)COC(=O)Cn1c(C(F)(F)F)nc2ccccc21. The van der Waals surface area contributed by atoms with Crippen LogP contribution in [0.5, 0.6) is 5.75 Å². The van der Waals surface area contributed by atoms with E-state index in [0.29, 0.717) is 4.57 Å². The minimum Gasteiger partial charge on any atom is -0.494 e. The minimum atomic E-state index is -4.80. The first-order valence-electron chi connectivity index (χ1n) is 8.90. The molecule has 0 bridgehead atoms. The van der Waals surface area contributed by atoms with E-state index in [1.165, 1.54) is 37.4 Å². The number of amides is 1. The van der Waals surface area contributed by atoms with Crippen molar-refractivity contribution in [2.75, 3.05) is 19.0 Å². The molecule has 0 aliphatic heterocycles. The molecule has 1 heterocycles. The van der Waals surface area contributed by atoms with Crippen molar-refractivity contribution in [3.63, 3.8) is 0 Å². The van der Waals surface area contributed by atoms with E-state index in [1.54, 1.807) is 0 Å². The van der Waals surface area contributed by atoms with Crippen molar-refractivity contribution in [2.24, 2.45) is 0 Å². The van der Waals surface area contributed by atoms with Gasteiger partial charge in [-0.25, -0.2) is 4.98 Å². The van der Waals surface area contributed by atoms with Crippen molar-refractivity contribution in [3.05, 3.63) is 58.4 Å². The van der Waals surface area contributed by atoms with Gasteiger partial charge in [0.2, 0.25) is 5.82 Å². The fourth-order valence-electron chi connectivity index (χ4n) is 2.86. The number of hydrogen-bond acceptors (Lipinski definition) is 7. The fourth-order valence-corrected chi connectivity index (χ4v) is 2.86. The number of nitrogens with one attached hydrogen (secondary N) is 1. The summed E-state index contributed by atoms with van der Waals surface area (Å²) in [5.41, 5.74) is -0.0501. The summed E-state index contributed by atoms with van der Waals surface area (Å²) in [6.45, 7) is -1.61. The largest absolute Gasteiger partial charge is 0.494 e. The van der Waals surface area contributed by atoms with E-state index in [2.05, 4.69) is 10.3 Å². The number of methoxy groups -OCH3 is 1. The van der Waals surface area contributed by atoms with Gasteiger partial charge in [0, 0.05) is 6.07 Å². The van der Waals surface area contributed by atoms with E-state index in [1.807, 2.05) is 0 Å². The van der Waals surface area contributed by atoms with Gasteiger partial charge in [-0.05, 0) is 18.2 Å². The number of fused-ring (bicyclic) bond motifs is 1. The molecule has 0 saturated carbocycles. The maximum Gasteiger partial charge on any atom is 0.449 e. The molecular formula is C19H15F3N4O6. The van der Waals surface area contributed by atoms with Crippen molar-refractivity contribution in [1.82, 2.24) is 9.55 Å². The highest BCUT2D eigenvalue weighted by Crippen LogP contribution is 2.31. The Balaban J connectivity index is 1.67. The number of para-hydroxylation sites is 2. The number of aromatic nitrogens is 2. The van der Waals surface area contributed by atoms with Crippen LogP contribution in [0.3, 0.4) is 0 Å². The number of non-ortho nitro benzene ring substituents is 1. The first kappa shape index (κ1) is 22.5. The molecule has 32 heavy (non-hydrogen) atoms. The number of carbonyl (C=O) groups excluding carboxylic acids is 2. The number of nitro benzene ring substituents is 1. The third kappa shape index (κ3) is 4.94. The lowest BCUT2D eigenvalue weighted by Crippen LogP contribution is -2.25. The molecule has 3 rings (SSSR count). The molecule has 3 aromatic rings. The summed E-state index contributed by atoms with van der Waals surface area (Å²) in [6.07, 6.45) is -4.80. The quantitative estimate of drug-likeness (QED) is 0.332. The molecule has 2 aromatic carbocycles. The molecule has 1 aromatic heterocycles. The highest BCUT2D eigenvalue weighted by molar-refractivity contribution is 5.94. The van der Waals surface area contributed by atoms with Crippen LogP contribution in [-0.2, 0) is 27.0 Å². The van der Waals surface area contributed by atoms with Crippen LogP contribution >= 0.6 is 0 Å². The van der Waals surface area contributed by atoms with Crippen molar-refractivity contribution in [2.45, 2.75) is 12.7 Å². The highest BCUT2D eigenvalue weighted by Gasteiger charge is 2.38. The number of nitrogens with zero attached hydrogens (tertiary/aromatic N) is 3. The van der Waals surface area contributed by atoms with Gasteiger partial charge in [0.25, 0.3) is 11.6 Å². The molecule has 168 valence electrons. The predicted octanol–water partition coefficient (Wildman–Crippen LogP) is 3.15. The third-order valence-electron chi connectivity index (χ3n) is 4.23. The zero-order valence-corrected chi connectivity index (χ0v) is 16.4. The lowest BCUT2D eigenvalue weighted by molar-refractivity contribution is -0.384. The molecule has 0 atom stereocenters. The van der Waals surface area contributed by atoms with Crippen LogP contribution in [0.1, 0.15) is 5.82 Å². The fraction of sp³-hybridized carbons (Fsp3) is 0.211. The van der Waals surface area contributed by atoms with Crippen LogP contribution in [0.2, 0.25) is 0 Å². The van der Waals surface area contributed by atoms with Gasteiger partial charge in [-0.3, -0.25) is 19.7 Å². The highest BCUT2D eigenvalue weighted by atomic mass is 19.4. The first-order chi connectivity index (χ1) is 15.1. The van der Waals surface area contributed by atoms with Crippen molar-refractivity contribution >= 4 is 34.3 Å². The third-order valence-corrected chi connectivity index (χ3v) is 4.23. The summed E-state index contributed by atoms with van der Waals surface area (Å²) in [7, 11) is 1.24. The van der Waals surface area contributed by atoms with Crippen LogP contribution in [-0.4, -0.2) is 40.1 Å². The molecule has 0 aliphatic carbocycles. The lowest BCUT2D eigenvalue weighted by Gasteiger charge is -2.12. The Morgan fingerprint density at radius 1 is 1.22 bits per heavy atom. The van der Waals surface area contributed by atoms with Crippen molar-refractivity contribution in [3.8, 4) is 5.75 Å². The van der Waals surface area contributed by atoms with Gasteiger partial charge >= 0.3 is 12.1 Å². The molecule has 0 aliphatic rings. The number of esters is 1. The molecule has 0 radical (unpaired) electrons. The van der Waals surface area contributed by atoms with Gasteiger partial charge in [0.05, 0.1) is 34.8 Å². The first-order valence-corrected chi connectivity index (χ1v) is 8.90. The molecule has 0 saturated heterocycles. The summed E-state index contributed by atoms with van der Waals surface area (Å²) in [5, 5.41) is 13.2. The molecule has 1 N–H and O–H groups in total. The number of ether oxygens (including phenoxy) is 2. The standard InChI is InChI=1S/C19H15F3N4O6/c1-31-15-8-11(26(29)30)6-7-13(15)23-16(27)10-32-17(28)9-25-14-5-3-2-4-12(14)24-18(25)19(20,21)22/h2-8H,9-10H2,1H3,(H,23,27). The van der Waals surface area contributed by atoms with E-state index in [-0.39, 0.29) is 28.2 Å². The molecular weight excluding hydrogens is 437 g/mol. The molecule has 0 unspecified atom stereocenters. The van der Waals surface area contributed by atoms with Gasteiger partial charge < -0.3 is 19.4 Å². The van der Waals surface area contributed by atoms with E-state index in [4.69, 9.17) is 9.47 Å². The normalized spacial score (nSPS) is 11.2. The van der Waals surface area contributed by atoms with Crippen LogP contribution in [0, 0.1) is 10.1 Å². The number of rotatable bonds is 7. The van der Waals surface area contributed by atoms with Gasteiger partial charge in [-0.2, -0.15) is 13.2 Å². The average Bonchev–Trinajstić information content (AvgIpc) is 3.11. The van der Waals surface area contributed by atoms with E-state index >= 15 is 0 Å². The Morgan fingerprint density at radius 2 is 1.94 bits per heavy atom. The van der Waals surface area contributed by atoms with Crippen LogP contribution in [0.4, 0.5) is 24.5 Å². The zero-order chi connectivity index (χ0) is 23.5. The monoisotopic (exact) mass is 452 g/mol. The number of carbonyl (C=O) groups is 2. The Labute approximate surface area is 177 Å². The number of imidazole rings is 1. The second-order valence-electron chi connectivity index (χ2n) is 6.36. The lowest BCUT2D eigenvalue weighted by atomic mass is 10.2. The summed E-state index contributed by atoms with van der Waals surface area (Å²) < 4.78 is 50.3. The van der Waals surface area contributed by atoms with E-state index < -0.39 is 42.0 Å². The Hall–Kier alpha value is -4.16. The minimum absolute atomic E-state index is 0.00131. The topological polar surface area (TPSA) is 126 Å². The number of benzene rings is 2. The van der Waals surface area contributed by atoms with Gasteiger partial charge in [-0.1, -0.05) is 12.1 Å². The molecule has 13 heteroatoms. The van der Waals surface area contributed by atoms with Crippen LogP contribution in [0.15, 0.2) is 42.5 Å². The maximum atomic E-state index is 13.3. The second kappa shape index (κ2) is 8.91. The number of nitro groups is 1. The summed E-state index contributed by atoms with van der Waals surface area (Å²) in [4.78, 5) is 37.9. The Kier molecular flexibility index (Phi) is 6.27. The summed E-state index contributed by atoms with van der Waals surface area (Å²) in [5.74, 6) is -3.18. The second-order valence-corrected chi connectivity index (χ2v) is 6.36. The number of halogens is 3. The maximum absolute atomic E-state index is 13.3. The van der Waals surface area contributed by atoms with E-state index in [9.17, 15) is 32.9 Å². The van der Waals surface area contributed by atoms with Gasteiger partial charge in [0.1, 0.15) is 12.3 Å². The van der Waals surface area contributed by atoms with Crippen LogP contribution in [0.25, 0.3) is 11.0 Å². The number of hydrogen-bond donors (Lipinski definition) is 1. The molecule has 10 nitrogen and oxygen atoms in total. The molecule has 0 fully saturated rings. The summed E-state index contributed by atoms with van der Waals surface area (Å²) in [6, 6.07) is 9.20. The van der Waals surface area contributed by atoms with E-state index in [0.717, 1.165) is 12.1 Å². The molecule has 0 spiro atoms. The molecule has 1 amide bonds.